The van der Waals surface area contributed by atoms with E-state index in [0.29, 0.717) is 25.2 Å². The maximum Gasteiger partial charge on any atom is 0.238 e. The van der Waals surface area contributed by atoms with Crippen molar-refractivity contribution >= 4 is 21.4 Å². The molecule has 0 unspecified atom stereocenters. The first-order valence-electron chi connectivity index (χ1n) is 11.5. The Morgan fingerprint density at radius 1 is 1.06 bits per heavy atom. The van der Waals surface area contributed by atoms with Crippen LogP contribution in [-0.4, -0.2) is 69.0 Å². The molecule has 2 aromatic rings. The first-order chi connectivity index (χ1) is 15.8. The minimum absolute atomic E-state index is 0.105. The predicted octanol–water partition coefficient (Wildman–Crippen LogP) is 2.37. The number of aliphatic hydroxyl groups excluding tert-OH is 1. The molecule has 2 aromatic carbocycles. The molecular formula is C25H30N2O5S. The molecule has 1 aliphatic carbocycles. The molecule has 1 amide bonds. The van der Waals surface area contributed by atoms with Crippen LogP contribution < -0.4 is 9.64 Å². The van der Waals surface area contributed by atoms with Crippen LogP contribution in [0.25, 0.3) is 0 Å². The Hall–Kier alpha value is -2.42. The average molecular weight is 471 g/mol. The van der Waals surface area contributed by atoms with Gasteiger partial charge in [0.2, 0.25) is 5.91 Å². The second-order valence-corrected chi connectivity index (χ2v) is 11.5. The third-order valence-corrected chi connectivity index (χ3v) is 8.53. The van der Waals surface area contributed by atoms with Crippen LogP contribution >= 0.6 is 0 Å². The zero-order valence-electron chi connectivity index (χ0n) is 18.8. The molecule has 8 heteroatoms. The molecule has 2 aliphatic heterocycles. The molecule has 5 rings (SSSR count). The van der Waals surface area contributed by atoms with Crippen LogP contribution in [0.1, 0.15) is 31.2 Å². The van der Waals surface area contributed by atoms with E-state index in [1.54, 1.807) is 24.3 Å². The summed E-state index contributed by atoms with van der Waals surface area (Å²) in [5.74, 6) is 0.844. The van der Waals surface area contributed by atoms with Gasteiger partial charge < -0.3 is 14.7 Å². The maximum atomic E-state index is 13.6. The van der Waals surface area contributed by atoms with Gasteiger partial charge in [0.1, 0.15) is 12.4 Å². The molecular weight excluding hydrogens is 440 g/mol. The lowest BCUT2D eigenvalue weighted by atomic mass is 9.73. The van der Waals surface area contributed by atoms with E-state index in [9.17, 15) is 18.3 Å². The SMILES string of the molecule is CS(=O)(=O)c1ccc(OCCN2CCC3(CC2)C(=O)N([C@H]2C[C@@H](O)C2)c2ccccc23)cc1. The van der Waals surface area contributed by atoms with E-state index in [2.05, 4.69) is 11.0 Å². The van der Waals surface area contributed by atoms with Gasteiger partial charge in [-0.05, 0) is 74.7 Å². The van der Waals surface area contributed by atoms with E-state index in [0.717, 1.165) is 43.7 Å². The topological polar surface area (TPSA) is 87.2 Å². The average Bonchev–Trinajstić information content (AvgIpc) is 3.01. The van der Waals surface area contributed by atoms with E-state index in [4.69, 9.17) is 4.74 Å². The highest BCUT2D eigenvalue weighted by molar-refractivity contribution is 7.90. The van der Waals surface area contributed by atoms with Crippen LogP contribution in [0.4, 0.5) is 5.69 Å². The number of piperidine rings is 1. The summed E-state index contributed by atoms with van der Waals surface area (Å²) in [6.07, 6.45) is 3.76. The number of aliphatic hydroxyl groups is 1. The lowest BCUT2D eigenvalue weighted by molar-refractivity contribution is -0.126. The summed E-state index contributed by atoms with van der Waals surface area (Å²) >= 11 is 0. The first kappa shape index (κ1) is 22.4. The van der Waals surface area contributed by atoms with Crippen molar-refractivity contribution in [3.05, 3.63) is 54.1 Å². The Morgan fingerprint density at radius 2 is 1.73 bits per heavy atom. The van der Waals surface area contributed by atoms with Gasteiger partial charge in [0.05, 0.1) is 16.4 Å². The van der Waals surface area contributed by atoms with Gasteiger partial charge in [0, 0.05) is 24.5 Å². The number of carbonyl (C=O) groups is 1. The third-order valence-electron chi connectivity index (χ3n) is 7.40. The molecule has 1 spiro atoms. The number of hydrogen-bond acceptors (Lipinski definition) is 6. The Labute approximate surface area is 194 Å². The fraction of sp³-hybridized carbons (Fsp3) is 0.480. The number of hydrogen-bond donors (Lipinski definition) is 1. The van der Waals surface area contributed by atoms with E-state index < -0.39 is 15.3 Å². The Balaban J connectivity index is 1.20. The molecule has 0 bridgehead atoms. The second-order valence-electron chi connectivity index (χ2n) is 9.49. The highest BCUT2D eigenvalue weighted by Crippen LogP contribution is 2.50. The fourth-order valence-electron chi connectivity index (χ4n) is 5.39. The van der Waals surface area contributed by atoms with Crippen molar-refractivity contribution in [3.63, 3.8) is 0 Å². The highest BCUT2D eigenvalue weighted by atomic mass is 32.2. The van der Waals surface area contributed by atoms with Crippen molar-refractivity contribution in [1.82, 2.24) is 4.90 Å². The standard InChI is InChI=1S/C25H30N2O5S/c1-33(30,31)21-8-6-20(7-9-21)32-15-14-26-12-10-25(11-13-26)22-4-2-3-5-23(22)27(24(25)29)18-16-19(28)17-18/h2-9,18-19,28H,10-17H2,1H3/t18-,19+. The van der Waals surface area contributed by atoms with Gasteiger partial charge in [-0.2, -0.15) is 0 Å². The molecule has 2 fully saturated rings. The summed E-state index contributed by atoms with van der Waals surface area (Å²) in [5, 5.41) is 9.78. The monoisotopic (exact) mass is 470 g/mol. The highest BCUT2D eigenvalue weighted by Gasteiger charge is 2.54. The molecule has 33 heavy (non-hydrogen) atoms. The van der Waals surface area contributed by atoms with E-state index in [1.165, 1.54) is 6.26 Å². The summed E-state index contributed by atoms with van der Waals surface area (Å²) < 4.78 is 29.0. The number of benzene rings is 2. The van der Waals surface area contributed by atoms with E-state index in [1.807, 2.05) is 23.1 Å². The number of amides is 1. The summed E-state index contributed by atoms with van der Waals surface area (Å²) in [6, 6.07) is 14.7. The Bertz CT molecular complexity index is 1130. The predicted molar refractivity (Wildman–Crippen MR) is 125 cm³/mol. The lowest BCUT2D eigenvalue weighted by Gasteiger charge is -2.42. The Kier molecular flexibility index (Phi) is 5.71. The van der Waals surface area contributed by atoms with Gasteiger partial charge in [-0.3, -0.25) is 9.69 Å². The second kappa shape index (κ2) is 8.42. The van der Waals surface area contributed by atoms with Crippen molar-refractivity contribution in [2.75, 3.05) is 37.4 Å². The number of fused-ring (bicyclic) bond motifs is 2. The number of anilines is 1. The van der Waals surface area contributed by atoms with Crippen LogP contribution in [0.3, 0.4) is 0 Å². The van der Waals surface area contributed by atoms with Gasteiger partial charge >= 0.3 is 0 Å². The molecule has 176 valence electrons. The largest absolute Gasteiger partial charge is 0.492 e. The first-order valence-corrected chi connectivity index (χ1v) is 13.4. The van der Waals surface area contributed by atoms with Gasteiger partial charge in [-0.1, -0.05) is 18.2 Å². The normalized spacial score (nSPS) is 24.5. The van der Waals surface area contributed by atoms with Crippen LogP contribution in [0.5, 0.6) is 5.75 Å². The maximum absolute atomic E-state index is 13.6. The summed E-state index contributed by atoms with van der Waals surface area (Å²) in [5.41, 5.74) is 1.70. The number of para-hydroxylation sites is 1. The minimum Gasteiger partial charge on any atom is -0.492 e. The van der Waals surface area contributed by atoms with Gasteiger partial charge in [0.25, 0.3) is 0 Å². The quantitative estimate of drug-likeness (QED) is 0.698. The van der Waals surface area contributed by atoms with Crippen LogP contribution in [0.2, 0.25) is 0 Å². The minimum atomic E-state index is -3.21. The molecule has 2 heterocycles. The lowest BCUT2D eigenvalue weighted by Crippen LogP contribution is -2.54. The fourth-order valence-corrected chi connectivity index (χ4v) is 6.02. The van der Waals surface area contributed by atoms with Crippen molar-refractivity contribution < 1.29 is 23.1 Å². The third kappa shape index (κ3) is 4.05. The van der Waals surface area contributed by atoms with E-state index in [-0.39, 0.29) is 22.9 Å². The number of rotatable bonds is 6. The number of likely N-dealkylation sites (tertiary alicyclic amines) is 1. The smallest absolute Gasteiger partial charge is 0.238 e. The molecule has 0 atom stereocenters. The Morgan fingerprint density at radius 3 is 2.36 bits per heavy atom. The van der Waals surface area contributed by atoms with Gasteiger partial charge in [-0.15, -0.1) is 0 Å². The zero-order valence-corrected chi connectivity index (χ0v) is 19.6. The zero-order chi connectivity index (χ0) is 23.2. The molecule has 7 nitrogen and oxygen atoms in total. The van der Waals surface area contributed by atoms with E-state index >= 15 is 0 Å². The molecule has 0 radical (unpaired) electrons. The van der Waals surface area contributed by atoms with Crippen molar-refractivity contribution in [1.29, 1.82) is 0 Å². The van der Waals surface area contributed by atoms with Crippen molar-refractivity contribution in [2.45, 2.75) is 48.1 Å². The number of ether oxygens (including phenoxy) is 1. The molecule has 1 saturated carbocycles. The molecule has 1 N–H and O–H groups in total. The number of sulfone groups is 1. The summed E-state index contributed by atoms with van der Waals surface area (Å²) in [7, 11) is -3.21. The molecule has 1 saturated heterocycles. The van der Waals surface area contributed by atoms with Gasteiger partial charge in [-0.25, -0.2) is 8.42 Å². The van der Waals surface area contributed by atoms with Crippen LogP contribution in [0.15, 0.2) is 53.4 Å². The summed E-state index contributed by atoms with van der Waals surface area (Å²) in [4.78, 5) is 18.2. The number of nitrogens with zero attached hydrogens (tertiary/aromatic N) is 2. The summed E-state index contributed by atoms with van der Waals surface area (Å²) in [6.45, 7) is 2.88. The van der Waals surface area contributed by atoms with Crippen molar-refractivity contribution in [2.24, 2.45) is 0 Å². The molecule has 3 aliphatic rings. The van der Waals surface area contributed by atoms with Crippen LogP contribution in [0, 0.1) is 0 Å². The number of carbonyl (C=O) groups excluding carboxylic acids is 1. The van der Waals surface area contributed by atoms with Gasteiger partial charge in [0.15, 0.2) is 9.84 Å². The van der Waals surface area contributed by atoms with Crippen molar-refractivity contribution in [3.8, 4) is 5.75 Å². The van der Waals surface area contributed by atoms with Crippen LogP contribution in [-0.2, 0) is 20.0 Å². The molecule has 0 aromatic heterocycles.